The Bertz CT molecular complexity index is 686. The Morgan fingerprint density at radius 2 is 1.87 bits per heavy atom. The third-order valence-corrected chi connectivity index (χ3v) is 3.78. The van der Waals surface area contributed by atoms with E-state index in [1.807, 2.05) is 0 Å². The van der Waals surface area contributed by atoms with Crippen LogP contribution in [0.5, 0.6) is 5.75 Å². The molecule has 0 aliphatic carbocycles. The fourth-order valence-corrected chi connectivity index (χ4v) is 2.55. The van der Waals surface area contributed by atoms with E-state index in [0.717, 1.165) is 0 Å². The summed E-state index contributed by atoms with van der Waals surface area (Å²) in [5.41, 5.74) is 0.352. The van der Waals surface area contributed by atoms with Crippen molar-refractivity contribution in [1.82, 2.24) is 4.90 Å². The quantitative estimate of drug-likeness (QED) is 0.567. The van der Waals surface area contributed by atoms with E-state index in [2.05, 4.69) is 0 Å². The molecule has 1 heterocycles. The van der Waals surface area contributed by atoms with Crippen LogP contribution in [0.25, 0.3) is 6.08 Å². The van der Waals surface area contributed by atoms with Gasteiger partial charge in [0.25, 0.3) is 16.9 Å². The average Bonchev–Trinajstić information content (AvgIpc) is 2.65. The molecular formula is C13H10F3NO5S. The zero-order valence-electron chi connectivity index (χ0n) is 11.2. The smallest absolute Gasteiger partial charge is 0.444 e. The summed E-state index contributed by atoms with van der Waals surface area (Å²) >= 11 is 0.361. The fourth-order valence-electron chi connectivity index (χ4n) is 1.71. The number of thioether (sulfide) groups is 1. The predicted octanol–water partition coefficient (Wildman–Crippen LogP) is 1.67. The number of carbonyl (C=O) groups excluding carboxylic acids is 2. The summed E-state index contributed by atoms with van der Waals surface area (Å²) in [6, 6.07) is 5.64. The summed E-state index contributed by atoms with van der Waals surface area (Å²) in [7, 11) is 0. The van der Waals surface area contributed by atoms with Gasteiger partial charge in [-0.3, -0.25) is 14.5 Å². The number of aliphatic hydroxyl groups is 2. The Morgan fingerprint density at radius 3 is 2.43 bits per heavy atom. The largest absolute Gasteiger partial charge is 0.508 e. The van der Waals surface area contributed by atoms with Gasteiger partial charge in [0.2, 0.25) is 0 Å². The number of carbonyl (C=O) groups is 2. The zero-order valence-corrected chi connectivity index (χ0v) is 12.1. The lowest BCUT2D eigenvalue weighted by Gasteiger charge is -2.27. The van der Waals surface area contributed by atoms with Crippen molar-refractivity contribution >= 4 is 29.0 Å². The predicted molar refractivity (Wildman–Crippen MR) is 74.0 cm³/mol. The number of benzene rings is 1. The Hall–Kier alpha value is -2.04. The van der Waals surface area contributed by atoms with Gasteiger partial charge in [0.1, 0.15) is 5.75 Å². The van der Waals surface area contributed by atoms with E-state index < -0.39 is 29.7 Å². The van der Waals surface area contributed by atoms with Crippen LogP contribution in [0.2, 0.25) is 0 Å². The summed E-state index contributed by atoms with van der Waals surface area (Å²) in [6.07, 6.45) is -4.22. The van der Waals surface area contributed by atoms with Crippen LogP contribution in [-0.2, 0) is 4.79 Å². The molecule has 1 aromatic carbocycles. The monoisotopic (exact) mass is 349 g/mol. The fraction of sp³-hybridized carbons (Fsp3) is 0.231. The van der Waals surface area contributed by atoms with E-state index in [9.17, 15) is 27.9 Å². The van der Waals surface area contributed by atoms with Crippen LogP contribution in [-0.4, -0.2) is 49.9 Å². The number of β-amino-alcohol motifs (C(OH)–C–C–N with tert-alkyl or cyclic N) is 2. The van der Waals surface area contributed by atoms with Crippen molar-refractivity contribution < 1.29 is 38.1 Å². The first-order valence-electron chi connectivity index (χ1n) is 6.07. The van der Waals surface area contributed by atoms with Gasteiger partial charge in [0, 0.05) is 0 Å². The van der Waals surface area contributed by atoms with Gasteiger partial charge < -0.3 is 15.3 Å². The van der Waals surface area contributed by atoms with E-state index in [1.165, 1.54) is 30.3 Å². The average molecular weight is 349 g/mol. The number of imide groups is 1. The van der Waals surface area contributed by atoms with E-state index in [0.29, 0.717) is 17.3 Å². The number of rotatable bonds is 3. The number of halogens is 3. The second-order valence-electron chi connectivity index (χ2n) is 4.68. The molecule has 1 aliphatic heterocycles. The van der Waals surface area contributed by atoms with Crippen molar-refractivity contribution in [2.24, 2.45) is 0 Å². The van der Waals surface area contributed by atoms with Crippen LogP contribution in [0.15, 0.2) is 29.2 Å². The molecule has 0 saturated carbocycles. The van der Waals surface area contributed by atoms with Crippen molar-refractivity contribution in [2.45, 2.75) is 12.0 Å². The molecule has 6 nitrogen and oxygen atoms in total. The summed E-state index contributed by atoms with van der Waals surface area (Å²) in [5.74, 6) is -5.38. The van der Waals surface area contributed by atoms with Crippen LogP contribution in [0.3, 0.4) is 0 Å². The van der Waals surface area contributed by atoms with Gasteiger partial charge in [-0.2, -0.15) is 13.2 Å². The Kier molecular flexibility index (Phi) is 4.42. The van der Waals surface area contributed by atoms with Crippen LogP contribution >= 0.6 is 11.8 Å². The molecule has 0 bridgehead atoms. The van der Waals surface area contributed by atoms with Crippen LogP contribution in [0.4, 0.5) is 18.0 Å². The second-order valence-corrected chi connectivity index (χ2v) is 5.67. The number of phenols is 1. The third-order valence-electron chi connectivity index (χ3n) is 2.87. The lowest BCUT2D eigenvalue weighted by Crippen LogP contribution is -2.54. The van der Waals surface area contributed by atoms with Gasteiger partial charge in [0.15, 0.2) is 0 Å². The Morgan fingerprint density at radius 1 is 1.22 bits per heavy atom. The number of hydrogen-bond acceptors (Lipinski definition) is 6. The normalized spacial score (nSPS) is 18.1. The van der Waals surface area contributed by atoms with Gasteiger partial charge in [-0.15, -0.1) is 0 Å². The highest BCUT2D eigenvalue weighted by Gasteiger charge is 2.56. The van der Waals surface area contributed by atoms with Crippen LogP contribution in [0, 0.1) is 0 Å². The molecule has 0 unspecified atom stereocenters. The molecule has 0 radical (unpaired) electrons. The van der Waals surface area contributed by atoms with Gasteiger partial charge in [-0.1, -0.05) is 12.1 Å². The second kappa shape index (κ2) is 5.87. The number of nitrogens with zero attached hydrogens (tertiary/aromatic N) is 1. The van der Waals surface area contributed by atoms with Crippen molar-refractivity contribution in [3.05, 3.63) is 34.7 Å². The van der Waals surface area contributed by atoms with E-state index in [-0.39, 0.29) is 15.6 Å². The molecule has 23 heavy (non-hydrogen) atoms. The van der Waals surface area contributed by atoms with E-state index in [1.54, 1.807) is 0 Å². The van der Waals surface area contributed by atoms with Gasteiger partial charge >= 0.3 is 6.18 Å². The van der Waals surface area contributed by atoms with Gasteiger partial charge in [-0.05, 0) is 35.5 Å². The number of aromatic hydroxyl groups is 1. The topological polar surface area (TPSA) is 98.1 Å². The van der Waals surface area contributed by atoms with Crippen molar-refractivity contribution in [3.63, 3.8) is 0 Å². The number of amides is 2. The molecule has 1 saturated heterocycles. The Labute approximate surface area is 131 Å². The minimum atomic E-state index is -5.42. The van der Waals surface area contributed by atoms with Crippen LogP contribution in [0.1, 0.15) is 5.56 Å². The molecule has 10 heteroatoms. The third kappa shape index (κ3) is 3.66. The highest BCUT2D eigenvalue weighted by Crippen LogP contribution is 2.36. The minimum absolute atomic E-state index is 0.0974. The molecule has 1 aliphatic rings. The molecule has 124 valence electrons. The van der Waals surface area contributed by atoms with Crippen molar-refractivity contribution in [3.8, 4) is 5.75 Å². The van der Waals surface area contributed by atoms with Crippen molar-refractivity contribution in [2.75, 3.05) is 6.54 Å². The SMILES string of the molecule is O=C1S/C(=C\c2cccc(O)c2)C(=O)N1CC(O)(O)C(F)(F)F. The number of phenolic OH excluding ortho intramolecular Hbond substituents is 1. The molecule has 0 spiro atoms. The molecule has 2 amide bonds. The molecular weight excluding hydrogens is 339 g/mol. The van der Waals surface area contributed by atoms with Crippen molar-refractivity contribution in [1.29, 1.82) is 0 Å². The summed E-state index contributed by atoms with van der Waals surface area (Å²) in [4.78, 5) is 23.5. The van der Waals surface area contributed by atoms with E-state index in [4.69, 9.17) is 10.2 Å². The first-order chi connectivity index (χ1) is 10.5. The summed E-state index contributed by atoms with van der Waals surface area (Å²) < 4.78 is 37.3. The maximum absolute atomic E-state index is 12.4. The number of hydrogen-bond donors (Lipinski definition) is 3. The van der Waals surface area contributed by atoms with E-state index >= 15 is 0 Å². The highest BCUT2D eigenvalue weighted by molar-refractivity contribution is 8.18. The maximum atomic E-state index is 12.4. The minimum Gasteiger partial charge on any atom is -0.508 e. The molecule has 0 aromatic heterocycles. The van der Waals surface area contributed by atoms with Crippen LogP contribution < -0.4 is 0 Å². The first-order valence-corrected chi connectivity index (χ1v) is 6.89. The lowest BCUT2D eigenvalue weighted by atomic mass is 10.2. The summed E-state index contributed by atoms with van der Waals surface area (Å²) in [6.45, 7) is -1.63. The molecule has 3 N–H and O–H groups in total. The summed E-state index contributed by atoms with van der Waals surface area (Å²) in [5, 5.41) is 26.2. The molecule has 1 fully saturated rings. The lowest BCUT2D eigenvalue weighted by molar-refractivity contribution is -0.348. The first kappa shape index (κ1) is 17.3. The highest BCUT2D eigenvalue weighted by atomic mass is 32.2. The standard InChI is InChI=1S/C13H10F3NO5S/c14-13(15,16)12(21,22)6-17-10(19)9(23-11(17)20)5-7-2-1-3-8(18)4-7/h1-5,18,21-22H,6H2/b9-5-. The van der Waals surface area contributed by atoms with Gasteiger partial charge in [0.05, 0.1) is 11.4 Å². The zero-order chi connectivity index (χ0) is 17.4. The molecule has 1 aromatic rings. The van der Waals surface area contributed by atoms with Gasteiger partial charge in [-0.25, -0.2) is 0 Å². The Balaban J connectivity index is 2.24. The molecule has 2 rings (SSSR count). The molecule has 0 atom stereocenters. The maximum Gasteiger partial charge on any atom is 0.444 e. The number of alkyl halides is 3.